The van der Waals surface area contributed by atoms with Crippen LogP contribution in [0.3, 0.4) is 0 Å². The second-order valence-electron chi connectivity index (χ2n) is 16.8. The van der Waals surface area contributed by atoms with E-state index in [1.54, 1.807) is 0 Å². The zero-order valence-electron chi connectivity index (χ0n) is 35.7. The molecule has 0 aromatic heterocycles. The first-order valence-electron chi connectivity index (χ1n) is 20.3. The average Bonchev–Trinajstić information content (AvgIpc) is 3.10. The van der Waals surface area contributed by atoms with Crippen molar-refractivity contribution in [2.75, 3.05) is 0 Å². The first-order valence-corrected chi connectivity index (χ1v) is 20.3. The zero-order valence-corrected chi connectivity index (χ0v) is 35.7. The highest BCUT2D eigenvalue weighted by Gasteiger charge is 2.26. The maximum atomic E-state index is 2.49. The molecule has 0 aliphatic carbocycles. The number of fused-ring (bicyclic) bond motifs is 2. The zero-order chi connectivity index (χ0) is 40.0. The van der Waals surface area contributed by atoms with Gasteiger partial charge >= 0.3 is 0 Å². The second kappa shape index (κ2) is 15.7. The van der Waals surface area contributed by atoms with Crippen LogP contribution in [-0.4, -0.2) is 13.4 Å². The van der Waals surface area contributed by atoms with Gasteiger partial charge in [-0.3, -0.25) is 0 Å². The van der Waals surface area contributed by atoms with Crippen LogP contribution in [0.4, 0.5) is 0 Å². The van der Waals surface area contributed by atoms with Crippen LogP contribution < -0.4 is 21.9 Å². The summed E-state index contributed by atoms with van der Waals surface area (Å²) in [6.07, 6.45) is 4.86. The highest BCUT2D eigenvalue weighted by molar-refractivity contribution is 6.91. The lowest BCUT2D eigenvalue weighted by Gasteiger charge is -2.22. The quantitative estimate of drug-likeness (QED) is 0.108. The number of hydrogen-bond donors (Lipinski definition) is 0. The Morgan fingerprint density at radius 1 is 0.304 bits per heavy atom. The summed E-state index contributed by atoms with van der Waals surface area (Å²) >= 11 is 0. The van der Waals surface area contributed by atoms with Crippen LogP contribution in [0.15, 0.2) is 109 Å². The van der Waals surface area contributed by atoms with Gasteiger partial charge in [-0.15, -0.1) is 12.0 Å². The van der Waals surface area contributed by atoms with Gasteiger partial charge in [0.05, 0.1) is 0 Å². The molecule has 278 valence electrons. The lowest BCUT2D eigenvalue weighted by atomic mass is 9.37. The van der Waals surface area contributed by atoms with Crippen molar-refractivity contribution in [3.8, 4) is 0 Å². The first-order chi connectivity index (χ1) is 26.7. The largest absolute Gasteiger partial charge is 0.235 e. The van der Waals surface area contributed by atoms with Crippen molar-refractivity contribution < 1.29 is 0 Å². The fourth-order valence-corrected chi connectivity index (χ4v) is 10.3. The Hall–Kier alpha value is -5.33. The van der Waals surface area contributed by atoms with Crippen LogP contribution in [0.5, 0.6) is 0 Å². The van der Waals surface area contributed by atoms with E-state index in [2.05, 4.69) is 204 Å². The van der Waals surface area contributed by atoms with Crippen molar-refractivity contribution in [3.63, 3.8) is 0 Å². The molecule has 0 aliphatic rings. The molecule has 2 heteroatoms. The van der Waals surface area contributed by atoms with Crippen molar-refractivity contribution in [2.24, 2.45) is 0 Å². The SMILES string of the molecule is Cc1cc(C)c(B(/C=C/c2c3ccccc3c(/C=C/B(c3c(C)cc(C)cc3C)c3c(C)cc(C)cc3C)c3ccccc23)c2c(C)cc(C)cc2C)c(C)c1. The summed E-state index contributed by atoms with van der Waals surface area (Å²) in [5, 5.41) is 5.10. The van der Waals surface area contributed by atoms with Crippen molar-refractivity contribution in [1.82, 2.24) is 0 Å². The molecule has 0 nitrogen and oxygen atoms in total. The molecule has 0 amide bonds. The Morgan fingerprint density at radius 2 is 0.500 bits per heavy atom. The lowest BCUT2D eigenvalue weighted by molar-refractivity contribution is 1.34. The third-order valence-corrected chi connectivity index (χ3v) is 12.1. The van der Waals surface area contributed by atoms with Crippen LogP contribution in [0, 0.1) is 83.1 Å². The maximum Gasteiger partial charge on any atom is 0.235 e. The third-order valence-electron chi connectivity index (χ3n) is 12.1. The highest BCUT2D eigenvalue weighted by Crippen LogP contribution is 2.35. The summed E-state index contributed by atoms with van der Waals surface area (Å²) in [6.45, 7) is 27.4. The molecular formula is C54H56B2. The molecule has 0 radical (unpaired) electrons. The van der Waals surface area contributed by atoms with Gasteiger partial charge in [-0.05, 0) is 116 Å². The van der Waals surface area contributed by atoms with Crippen molar-refractivity contribution in [1.29, 1.82) is 0 Å². The maximum absolute atomic E-state index is 2.49. The fourth-order valence-electron chi connectivity index (χ4n) is 10.3. The van der Waals surface area contributed by atoms with Gasteiger partial charge in [0, 0.05) is 0 Å². The van der Waals surface area contributed by atoms with E-state index in [0.29, 0.717) is 0 Å². The molecule has 0 unspecified atom stereocenters. The van der Waals surface area contributed by atoms with Crippen LogP contribution in [0.25, 0.3) is 33.7 Å². The molecule has 0 aliphatic heterocycles. The molecule has 0 atom stereocenters. The Bertz CT molecular complexity index is 2270. The van der Waals surface area contributed by atoms with Crippen LogP contribution >= 0.6 is 0 Å². The normalized spacial score (nSPS) is 11.8. The molecule has 7 aromatic rings. The van der Waals surface area contributed by atoms with Gasteiger partial charge in [0.1, 0.15) is 0 Å². The minimum Gasteiger partial charge on any atom is -0.105 e. The minimum atomic E-state index is 0.121. The monoisotopic (exact) mass is 726 g/mol. The molecule has 0 saturated carbocycles. The Morgan fingerprint density at radius 3 is 0.696 bits per heavy atom. The summed E-state index contributed by atoms with van der Waals surface area (Å²) in [5.41, 5.74) is 24.2. The summed E-state index contributed by atoms with van der Waals surface area (Å²) < 4.78 is 0. The summed E-state index contributed by atoms with van der Waals surface area (Å²) in [7, 11) is 0. The molecule has 0 N–H and O–H groups in total. The first kappa shape index (κ1) is 38.9. The van der Waals surface area contributed by atoms with Crippen LogP contribution in [0.2, 0.25) is 0 Å². The number of aryl methyl sites for hydroxylation is 12. The second-order valence-corrected chi connectivity index (χ2v) is 16.8. The van der Waals surface area contributed by atoms with E-state index >= 15 is 0 Å². The van der Waals surface area contributed by atoms with E-state index in [4.69, 9.17) is 0 Å². The topological polar surface area (TPSA) is 0 Å². The summed E-state index contributed by atoms with van der Waals surface area (Å²) in [5.74, 6) is 4.97. The number of hydrogen-bond acceptors (Lipinski definition) is 0. The molecule has 0 heterocycles. The summed E-state index contributed by atoms with van der Waals surface area (Å²) in [4.78, 5) is 0. The van der Waals surface area contributed by atoms with Gasteiger partial charge in [-0.1, -0.05) is 198 Å². The van der Waals surface area contributed by atoms with E-state index in [9.17, 15) is 0 Å². The lowest BCUT2D eigenvalue weighted by Crippen LogP contribution is -2.46. The molecule has 56 heavy (non-hydrogen) atoms. The molecule has 0 fully saturated rings. The van der Waals surface area contributed by atoms with Crippen LogP contribution in [-0.2, 0) is 0 Å². The summed E-state index contributed by atoms with van der Waals surface area (Å²) in [6, 6.07) is 36.8. The minimum absolute atomic E-state index is 0.121. The Labute approximate surface area is 337 Å². The van der Waals surface area contributed by atoms with E-state index in [0.717, 1.165) is 0 Å². The van der Waals surface area contributed by atoms with E-state index in [1.165, 1.54) is 121 Å². The Kier molecular flexibility index (Phi) is 10.9. The van der Waals surface area contributed by atoms with E-state index in [-0.39, 0.29) is 13.4 Å². The number of rotatable bonds is 8. The Balaban J connectivity index is 1.46. The van der Waals surface area contributed by atoms with Crippen LogP contribution in [0.1, 0.15) is 77.9 Å². The molecule has 0 bridgehead atoms. The predicted octanol–water partition coefficient (Wildman–Crippen LogP) is 11.4. The van der Waals surface area contributed by atoms with Gasteiger partial charge in [-0.2, -0.15) is 0 Å². The third kappa shape index (κ3) is 7.35. The van der Waals surface area contributed by atoms with E-state index in [1.807, 2.05) is 0 Å². The van der Waals surface area contributed by atoms with Gasteiger partial charge in [0.25, 0.3) is 0 Å². The number of benzene rings is 7. The molecule has 7 rings (SSSR count). The average molecular weight is 727 g/mol. The van der Waals surface area contributed by atoms with Gasteiger partial charge in [0.15, 0.2) is 0 Å². The molecule has 0 spiro atoms. The standard InChI is InChI=1S/C54H56B2/c1-33-25-37(5)51(38(6)26-33)55(52-39(7)27-34(2)28-40(52)8)23-21-49-45-17-13-15-19-47(45)50(48-20-16-14-18-46(48)49)22-24-56(53-41(9)29-35(3)30-42(53)10)54-43(11)31-36(4)32-44(54)12/h13-32H,1-12H3/b23-21+,24-22+. The van der Waals surface area contributed by atoms with Crippen molar-refractivity contribution in [3.05, 3.63) is 187 Å². The van der Waals surface area contributed by atoms with Gasteiger partial charge < -0.3 is 0 Å². The van der Waals surface area contributed by atoms with E-state index < -0.39 is 0 Å². The van der Waals surface area contributed by atoms with Gasteiger partial charge in [0.2, 0.25) is 13.4 Å². The molecular weight excluding hydrogens is 670 g/mol. The fraction of sp³-hybridized carbons (Fsp3) is 0.222. The molecule has 0 saturated heterocycles. The molecule has 7 aromatic carbocycles. The predicted molar refractivity (Wildman–Crippen MR) is 252 cm³/mol. The van der Waals surface area contributed by atoms with Crippen molar-refractivity contribution in [2.45, 2.75) is 83.1 Å². The highest BCUT2D eigenvalue weighted by atomic mass is 14.2. The van der Waals surface area contributed by atoms with Gasteiger partial charge in [-0.25, -0.2) is 0 Å². The smallest absolute Gasteiger partial charge is 0.105 e. The van der Waals surface area contributed by atoms with Crippen molar-refractivity contribution >= 4 is 69.0 Å².